The molecule has 0 fully saturated rings. The maximum Gasteiger partial charge on any atom is 0.344 e. The summed E-state index contributed by atoms with van der Waals surface area (Å²) in [6.07, 6.45) is 0. The van der Waals surface area contributed by atoms with Gasteiger partial charge in [-0.1, -0.05) is 48.2 Å². The van der Waals surface area contributed by atoms with Crippen molar-refractivity contribution in [3.8, 4) is 5.75 Å². The van der Waals surface area contributed by atoms with Crippen molar-refractivity contribution in [3.05, 3.63) is 101 Å². The molecule has 1 aromatic heterocycles. The maximum absolute atomic E-state index is 14.3. The van der Waals surface area contributed by atoms with Gasteiger partial charge in [0.2, 0.25) is 0 Å². The molecule has 1 unspecified atom stereocenters. The average molecular weight is 572 g/mol. The normalized spacial score (nSPS) is 11.6. The van der Waals surface area contributed by atoms with E-state index in [4.69, 9.17) is 25.8 Å². The summed E-state index contributed by atoms with van der Waals surface area (Å²) in [5.74, 6) is -5.21. The van der Waals surface area contributed by atoms with Crippen molar-refractivity contribution < 1.29 is 37.4 Å². The zero-order chi connectivity index (χ0) is 27.9. The van der Waals surface area contributed by atoms with Gasteiger partial charge in [-0.05, 0) is 37.3 Å². The number of alkyl halides is 1. The smallest absolute Gasteiger partial charge is 0.344 e. The predicted molar refractivity (Wildman–Crippen MR) is 141 cm³/mol. The second kappa shape index (κ2) is 12.7. The number of aromatic nitrogens is 1. The Balaban J connectivity index is 1.74. The Morgan fingerprint density at radius 3 is 2.08 bits per heavy atom. The summed E-state index contributed by atoms with van der Waals surface area (Å²) in [5.41, 5.74) is 0.0438. The van der Waals surface area contributed by atoms with Gasteiger partial charge in [-0.2, -0.15) is 0 Å². The van der Waals surface area contributed by atoms with E-state index in [1.54, 1.807) is 55.5 Å². The van der Waals surface area contributed by atoms with Crippen molar-refractivity contribution in [1.82, 2.24) is 4.98 Å². The highest BCUT2D eigenvalue weighted by molar-refractivity contribution is 8.01. The number of esters is 3. The SMILES string of the molecule is CCOC(=O)c1c(SC(Cl)COC(=O)c2ccccc2)nc2cc(F)c(F)cc2c1OC(=O)c1ccccc1. The number of benzene rings is 3. The van der Waals surface area contributed by atoms with Gasteiger partial charge in [0.25, 0.3) is 0 Å². The van der Waals surface area contributed by atoms with Gasteiger partial charge in [0.15, 0.2) is 17.4 Å². The lowest BCUT2D eigenvalue weighted by Gasteiger charge is -2.17. The molecule has 3 aromatic carbocycles. The standard InChI is InChI=1S/C28H20ClF2NO6S/c1-2-36-28(35)23-24(38-27(34)17-11-7-4-8-12-17)18-13-19(30)20(31)14-21(18)32-25(23)39-22(29)15-37-26(33)16-9-5-3-6-10-16/h3-14,22H,2,15H2,1H3. The molecule has 7 nitrogen and oxygen atoms in total. The quantitative estimate of drug-likeness (QED) is 0.129. The fourth-order valence-electron chi connectivity index (χ4n) is 3.46. The van der Waals surface area contributed by atoms with Crippen LogP contribution in [0.2, 0.25) is 0 Å². The lowest BCUT2D eigenvalue weighted by molar-refractivity contribution is 0.0505. The van der Waals surface area contributed by atoms with Crippen LogP contribution in [0.1, 0.15) is 38.0 Å². The highest BCUT2D eigenvalue weighted by atomic mass is 35.5. The molecular weight excluding hydrogens is 552 g/mol. The van der Waals surface area contributed by atoms with Crippen LogP contribution in [-0.2, 0) is 9.47 Å². The molecular formula is C28H20ClF2NO6S. The van der Waals surface area contributed by atoms with Gasteiger partial charge in [0.1, 0.15) is 21.9 Å². The number of ether oxygens (including phenoxy) is 3. The molecule has 39 heavy (non-hydrogen) atoms. The third kappa shape index (κ3) is 6.71. The van der Waals surface area contributed by atoms with Crippen LogP contribution in [-0.4, -0.2) is 40.8 Å². The summed E-state index contributed by atoms with van der Waals surface area (Å²) in [5, 5.41) is -0.231. The molecule has 0 saturated heterocycles. The maximum atomic E-state index is 14.3. The molecule has 0 aliphatic heterocycles. The zero-order valence-electron chi connectivity index (χ0n) is 20.4. The van der Waals surface area contributed by atoms with E-state index in [1.165, 1.54) is 12.1 Å². The fraction of sp³-hybridized carbons (Fsp3) is 0.143. The predicted octanol–water partition coefficient (Wildman–Crippen LogP) is 6.42. The number of halogens is 3. The van der Waals surface area contributed by atoms with Gasteiger partial charge in [0.05, 0.1) is 23.3 Å². The molecule has 1 heterocycles. The van der Waals surface area contributed by atoms with Gasteiger partial charge in [-0.15, -0.1) is 11.6 Å². The van der Waals surface area contributed by atoms with E-state index in [1.807, 2.05) is 0 Å². The summed E-state index contributed by atoms with van der Waals surface area (Å²) in [4.78, 5) is 42.6. The largest absolute Gasteiger partial charge is 0.462 e. The van der Waals surface area contributed by atoms with Gasteiger partial charge in [0, 0.05) is 11.5 Å². The van der Waals surface area contributed by atoms with Gasteiger partial charge in [-0.3, -0.25) is 0 Å². The van der Waals surface area contributed by atoms with E-state index in [2.05, 4.69) is 4.98 Å². The van der Waals surface area contributed by atoms with E-state index in [0.717, 1.165) is 23.9 Å². The number of fused-ring (bicyclic) bond motifs is 1. The van der Waals surface area contributed by atoms with E-state index in [-0.39, 0.29) is 46.0 Å². The topological polar surface area (TPSA) is 91.8 Å². The summed E-state index contributed by atoms with van der Waals surface area (Å²) in [7, 11) is 0. The number of hydrogen-bond donors (Lipinski definition) is 0. The minimum absolute atomic E-state index is 0.0379. The second-order valence-corrected chi connectivity index (χ2v) is 9.85. The lowest BCUT2D eigenvalue weighted by atomic mass is 10.1. The molecule has 200 valence electrons. The monoisotopic (exact) mass is 571 g/mol. The summed E-state index contributed by atoms with van der Waals surface area (Å²) in [6.45, 7) is 1.24. The number of carbonyl (C=O) groups excluding carboxylic acids is 3. The van der Waals surface area contributed by atoms with E-state index in [0.29, 0.717) is 5.56 Å². The van der Waals surface area contributed by atoms with Crippen molar-refractivity contribution in [2.24, 2.45) is 0 Å². The van der Waals surface area contributed by atoms with Gasteiger partial charge >= 0.3 is 17.9 Å². The third-order valence-electron chi connectivity index (χ3n) is 5.22. The number of nitrogens with zero attached hydrogens (tertiary/aromatic N) is 1. The van der Waals surface area contributed by atoms with Crippen LogP contribution in [0.3, 0.4) is 0 Å². The minimum Gasteiger partial charge on any atom is -0.462 e. The Kier molecular flexibility index (Phi) is 9.11. The average Bonchev–Trinajstić information content (AvgIpc) is 2.94. The van der Waals surface area contributed by atoms with Crippen molar-refractivity contribution in [1.29, 1.82) is 0 Å². The Morgan fingerprint density at radius 2 is 1.46 bits per heavy atom. The first-order chi connectivity index (χ1) is 18.8. The van der Waals surface area contributed by atoms with Crippen LogP contribution in [0.15, 0.2) is 77.8 Å². The Labute approximate surface area is 231 Å². The molecule has 0 spiro atoms. The lowest BCUT2D eigenvalue weighted by Crippen LogP contribution is -2.17. The summed E-state index contributed by atoms with van der Waals surface area (Å²) < 4.78 is 43.4. The minimum atomic E-state index is -1.24. The molecule has 11 heteroatoms. The molecule has 4 aromatic rings. The number of hydrogen-bond acceptors (Lipinski definition) is 8. The van der Waals surface area contributed by atoms with Crippen molar-refractivity contribution >= 4 is 52.2 Å². The Bertz CT molecular complexity index is 1520. The Hall–Kier alpha value is -4.02. The van der Waals surface area contributed by atoms with Crippen LogP contribution < -0.4 is 4.74 Å². The molecule has 0 amide bonds. The molecule has 0 radical (unpaired) electrons. The molecule has 1 atom stereocenters. The van der Waals surface area contributed by atoms with Crippen LogP contribution >= 0.6 is 23.4 Å². The van der Waals surface area contributed by atoms with E-state index < -0.39 is 34.3 Å². The first-order valence-electron chi connectivity index (χ1n) is 11.6. The van der Waals surface area contributed by atoms with Gasteiger partial charge in [-0.25, -0.2) is 28.1 Å². The fourth-order valence-corrected chi connectivity index (χ4v) is 4.60. The molecule has 0 N–H and O–H groups in total. The molecule has 0 aliphatic carbocycles. The van der Waals surface area contributed by atoms with Crippen LogP contribution in [0.25, 0.3) is 10.9 Å². The molecule has 0 bridgehead atoms. The molecule has 0 saturated carbocycles. The number of rotatable bonds is 9. The highest BCUT2D eigenvalue weighted by Crippen LogP contribution is 2.39. The van der Waals surface area contributed by atoms with Crippen molar-refractivity contribution in [2.45, 2.75) is 16.7 Å². The van der Waals surface area contributed by atoms with Crippen molar-refractivity contribution in [3.63, 3.8) is 0 Å². The van der Waals surface area contributed by atoms with Gasteiger partial charge < -0.3 is 14.2 Å². The third-order valence-corrected chi connectivity index (χ3v) is 6.53. The van der Waals surface area contributed by atoms with E-state index in [9.17, 15) is 23.2 Å². The number of carbonyl (C=O) groups is 3. The van der Waals surface area contributed by atoms with Crippen LogP contribution in [0.5, 0.6) is 5.75 Å². The number of thioether (sulfide) groups is 1. The first-order valence-corrected chi connectivity index (χ1v) is 12.9. The molecule has 4 rings (SSSR count). The highest BCUT2D eigenvalue weighted by Gasteiger charge is 2.29. The first kappa shape index (κ1) is 28.0. The molecule has 0 aliphatic rings. The number of pyridine rings is 1. The zero-order valence-corrected chi connectivity index (χ0v) is 21.9. The summed E-state index contributed by atoms with van der Waals surface area (Å²) >= 11 is 7.21. The van der Waals surface area contributed by atoms with Crippen LogP contribution in [0.4, 0.5) is 8.78 Å². The van der Waals surface area contributed by atoms with Crippen molar-refractivity contribution in [2.75, 3.05) is 13.2 Å². The van der Waals surface area contributed by atoms with E-state index >= 15 is 0 Å². The summed E-state index contributed by atoms with van der Waals surface area (Å²) in [6, 6.07) is 17.7. The Morgan fingerprint density at radius 1 is 0.872 bits per heavy atom. The second-order valence-electron chi connectivity index (χ2n) is 7.87. The van der Waals surface area contributed by atoms with Crippen LogP contribution in [0, 0.1) is 11.6 Å².